The summed E-state index contributed by atoms with van der Waals surface area (Å²) in [5.74, 6) is -1.24. The SMILES string of the molecule is O=C(NCc1cccnc1)C(=O)NC[C@@H](c1cccs1)N1CCc2ccccc2C1. The first-order chi connectivity index (χ1) is 14.7. The molecular formula is C23H24N4O2S. The summed E-state index contributed by atoms with van der Waals surface area (Å²) in [6, 6.07) is 16.3. The van der Waals surface area contributed by atoms with Crippen molar-refractivity contribution in [3.8, 4) is 0 Å². The normalized spacial score (nSPS) is 14.5. The molecule has 6 nitrogen and oxygen atoms in total. The Morgan fingerprint density at radius 2 is 1.87 bits per heavy atom. The molecule has 0 spiro atoms. The summed E-state index contributed by atoms with van der Waals surface area (Å²) in [7, 11) is 0. The Morgan fingerprint density at radius 1 is 1.03 bits per heavy atom. The highest BCUT2D eigenvalue weighted by Crippen LogP contribution is 2.29. The molecule has 30 heavy (non-hydrogen) atoms. The lowest BCUT2D eigenvalue weighted by atomic mass is 9.98. The third-order valence-electron chi connectivity index (χ3n) is 5.31. The lowest BCUT2D eigenvalue weighted by Gasteiger charge is -2.35. The van der Waals surface area contributed by atoms with Gasteiger partial charge in [0.05, 0.1) is 6.04 Å². The number of rotatable bonds is 6. The van der Waals surface area contributed by atoms with Crippen molar-refractivity contribution in [1.82, 2.24) is 20.5 Å². The van der Waals surface area contributed by atoms with E-state index in [0.29, 0.717) is 6.54 Å². The van der Waals surface area contributed by atoms with Crippen LogP contribution in [-0.4, -0.2) is 34.8 Å². The summed E-state index contributed by atoms with van der Waals surface area (Å²) in [6.45, 7) is 2.42. The van der Waals surface area contributed by atoms with E-state index >= 15 is 0 Å². The average Bonchev–Trinajstić information content (AvgIpc) is 3.32. The minimum atomic E-state index is -0.632. The van der Waals surface area contributed by atoms with Gasteiger partial charge in [0, 0.05) is 43.4 Å². The molecule has 0 fully saturated rings. The Labute approximate surface area is 180 Å². The van der Waals surface area contributed by atoms with Crippen LogP contribution in [0.2, 0.25) is 0 Å². The zero-order valence-electron chi connectivity index (χ0n) is 16.6. The molecule has 1 aliphatic rings. The van der Waals surface area contributed by atoms with Crippen LogP contribution in [0.15, 0.2) is 66.3 Å². The number of fused-ring (bicyclic) bond motifs is 1. The Hall–Kier alpha value is -3.03. The lowest BCUT2D eigenvalue weighted by Crippen LogP contribution is -2.44. The van der Waals surface area contributed by atoms with E-state index < -0.39 is 11.8 Å². The molecule has 0 radical (unpaired) electrons. The Morgan fingerprint density at radius 3 is 2.63 bits per heavy atom. The zero-order chi connectivity index (χ0) is 20.8. The summed E-state index contributed by atoms with van der Waals surface area (Å²) < 4.78 is 0. The third-order valence-corrected chi connectivity index (χ3v) is 6.28. The minimum Gasteiger partial charge on any atom is -0.346 e. The van der Waals surface area contributed by atoms with Crippen molar-refractivity contribution < 1.29 is 9.59 Å². The van der Waals surface area contributed by atoms with E-state index in [0.717, 1.165) is 25.1 Å². The van der Waals surface area contributed by atoms with Crippen molar-refractivity contribution in [1.29, 1.82) is 0 Å². The number of thiophene rings is 1. The predicted molar refractivity (Wildman–Crippen MR) is 117 cm³/mol. The van der Waals surface area contributed by atoms with E-state index in [-0.39, 0.29) is 12.6 Å². The molecule has 3 aromatic rings. The number of amides is 2. The Balaban J connectivity index is 1.37. The monoisotopic (exact) mass is 420 g/mol. The molecule has 0 unspecified atom stereocenters. The van der Waals surface area contributed by atoms with Gasteiger partial charge in [0.2, 0.25) is 0 Å². The van der Waals surface area contributed by atoms with Crippen molar-refractivity contribution in [3.63, 3.8) is 0 Å². The van der Waals surface area contributed by atoms with E-state index in [9.17, 15) is 9.59 Å². The molecule has 154 valence electrons. The number of pyridine rings is 1. The molecule has 0 aliphatic carbocycles. The quantitative estimate of drug-likeness (QED) is 0.602. The molecule has 3 heterocycles. The molecule has 1 aliphatic heterocycles. The van der Waals surface area contributed by atoms with E-state index in [4.69, 9.17) is 0 Å². The fourth-order valence-corrected chi connectivity index (χ4v) is 4.57. The molecule has 0 saturated heterocycles. The molecule has 2 aromatic heterocycles. The van der Waals surface area contributed by atoms with Gasteiger partial charge in [-0.05, 0) is 40.6 Å². The number of hydrogen-bond acceptors (Lipinski definition) is 5. The van der Waals surface area contributed by atoms with Crippen LogP contribution in [0.3, 0.4) is 0 Å². The number of nitrogens with zero attached hydrogens (tertiary/aromatic N) is 2. The average molecular weight is 421 g/mol. The van der Waals surface area contributed by atoms with Crippen molar-refractivity contribution in [3.05, 3.63) is 87.9 Å². The number of hydrogen-bond donors (Lipinski definition) is 2. The number of carbonyl (C=O) groups excluding carboxylic acids is 2. The number of nitrogens with one attached hydrogen (secondary N) is 2. The van der Waals surface area contributed by atoms with Crippen LogP contribution in [0.5, 0.6) is 0 Å². The first-order valence-corrected chi connectivity index (χ1v) is 10.9. The summed E-state index contributed by atoms with van der Waals surface area (Å²) in [6.07, 6.45) is 4.32. The highest BCUT2D eigenvalue weighted by molar-refractivity contribution is 7.10. The number of benzene rings is 1. The summed E-state index contributed by atoms with van der Waals surface area (Å²) >= 11 is 1.67. The minimum absolute atomic E-state index is 0.0356. The standard InChI is InChI=1S/C23H24N4O2S/c28-22(25-14-17-5-3-10-24-13-17)23(29)26-15-20(21-8-4-12-30-21)27-11-9-18-6-1-2-7-19(18)16-27/h1-8,10,12-13,20H,9,11,14-16H2,(H,25,28)(H,26,29)/t20-/m0/s1. The smallest absolute Gasteiger partial charge is 0.309 e. The molecule has 7 heteroatoms. The number of aromatic nitrogens is 1. The molecule has 0 bridgehead atoms. The van der Waals surface area contributed by atoms with Crippen LogP contribution in [0.25, 0.3) is 0 Å². The second kappa shape index (κ2) is 9.65. The second-order valence-electron chi connectivity index (χ2n) is 7.27. The molecular weight excluding hydrogens is 396 g/mol. The van der Waals surface area contributed by atoms with Crippen LogP contribution < -0.4 is 10.6 Å². The van der Waals surface area contributed by atoms with Crippen molar-refractivity contribution >= 4 is 23.2 Å². The maximum atomic E-state index is 12.4. The van der Waals surface area contributed by atoms with Gasteiger partial charge in [-0.25, -0.2) is 0 Å². The van der Waals surface area contributed by atoms with Gasteiger partial charge in [0.15, 0.2) is 0 Å². The highest BCUT2D eigenvalue weighted by atomic mass is 32.1. The van der Waals surface area contributed by atoms with Gasteiger partial charge < -0.3 is 10.6 Å². The van der Waals surface area contributed by atoms with Gasteiger partial charge >= 0.3 is 11.8 Å². The van der Waals surface area contributed by atoms with Crippen LogP contribution in [-0.2, 0) is 29.1 Å². The Kier molecular flexibility index (Phi) is 6.51. The second-order valence-corrected chi connectivity index (χ2v) is 8.25. The van der Waals surface area contributed by atoms with Gasteiger partial charge in [-0.2, -0.15) is 0 Å². The maximum absolute atomic E-state index is 12.4. The van der Waals surface area contributed by atoms with Gasteiger partial charge in [-0.1, -0.05) is 36.4 Å². The van der Waals surface area contributed by atoms with Gasteiger partial charge in [-0.15, -0.1) is 11.3 Å². The van der Waals surface area contributed by atoms with Crippen LogP contribution >= 0.6 is 11.3 Å². The van der Waals surface area contributed by atoms with E-state index in [1.807, 2.05) is 17.5 Å². The summed E-state index contributed by atoms with van der Waals surface area (Å²) in [5.41, 5.74) is 3.56. The predicted octanol–water partition coefficient (Wildman–Crippen LogP) is 2.68. The zero-order valence-corrected chi connectivity index (χ0v) is 17.4. The fourth-order valence-electron chi connectivity index (χ4n) is 3.71. The van der Waals surface area contributed by atoms with Crippen molar-refractivity contribution in [2.75, 3.05) is 13.1 Å². The van der Waals surface area contributed by atoms with E-state index in [1.54, 1.807) is 29.8 Å². The van der Waals surface area contributed by atoms with E-state index in [2.05, 4.69) is 50.8 Å². The Bertz CT molecular complexity index is 991. The van der Waals surface area contributed by atoms with Gasteiger partial charge in [-0.3, -0.25) is 19.5 Å². The van der Waals surface area contributed by atoms with Crippen LogP contribution in [0, 0.1) is 0 Å². The maximum Gasteiger partial charge on any atom is 0.309 e. The molecule has 2 amide bonds. The summed E-state index contributed by atoms with van der Waals surface area (Å²) in [5, 5.41) is 7.52. The van der Waals surface area contributed by atoms with Crippen molar-refractivity contribution in [2.24, 2.45) is 0 Å². The summed E-state index contributed by atoms with van der Waals surface area (Å²) in [4.78, 5) is 32.1. The first kappa shape index (κ1) is 20.3. The van der Waals surface area contributed by atoms with E-state index in [1.165, 1.54) is 16.0 Å². The van der Waals surface area contributed by atoms with Gasteiger partial charge in [0.1, 0.15) is 0 Å². The van der Waals surface area contributed by atoms with Crippen molar-refractivity contribution in [2.45, 2.75) is 25.6 Å². The van der Waals surface area contributed by atoms with Crippen LogP contribution in [0.4, 0.5) is 0 Å². The molecule has 2 N–H and O–H groups in total. The first-order valence-electron chi connectivity index (χ1n) is 10.00. The third kappa shape index (κ3) is 4.93. The fraction of sp³-hybridized carbons (Fsp3) is 0.261. The highest BCUT2D eigenvalue weighted by Gasteiger charge is 2.26. The molecule has 1 aromatic carbocycles. The van der Waals surface area contributed by atoms with Crippen LogP contribution in [0.1, 0.15) is 27.6 Å². The number of carbonyl (C=O) groups is 2. The lowest BCUT2D eigenvalue weighted by molar-refractivity contribution is -0.139. The van der Waals surface area contributed by atoms with Gasteiger partial charge in [0.25, 0.3) is 0 Å². The topological polar surface area (TPSA) is 74.3 Å². The molecule has 0 saturated carbocycles. The molecule has 1 atom stereocenters. The largest absolute Gasteiger partial charge is 0.346 e. The molecule has 4 rings (SSSR count).